The Bertz CT molecular complexity index is 290. The molecular formula is C11H21N3. The predicted octanol–water partition coefficient (Wildman–Crippen LogP) is 2.12. The summed E-state index contributed by atoms with van der Waals surface area (Å²) in [6.45, 7) is 9.43. The second-order valence-electron chi connectivity index (χ2n) is 4.13. The van der Waals surface area contributed by atoms with E-state index in [-0.39, 0.29) is 5.54 Å². The fraction of sp³-hybridized carbons (Fsp3) is 0.727. The van der Waals surface area contributed by atoms with E-state index in [1.54, 1.807) is 0 Å². The summed E-state index contributed by atoms with van der Waals surface area (Å²) in [5.41, 5.74) is 7.30. The summed E-state index contributed by atoms with van der Waals surface area (Å²) in [4.78, 5) is 0. The summed E-state index contributed by atoms with van der Waals surface area (Å²) in [6, 6.07) is 0. The van der Waals surface area contributed by atoms with Gasteiger partial charge in [0.05, 0.1) is 6.20 Å². The smallest absolute Gasteiger partial charge is 0.0540 e. The van der Waals surface area contributed by atoms with Crippen molar-refractivity contribution in [2.75, 3.05) is 0 Å². The molecule has 0 saturated carbocycles. The van der Waals surface area contributed by atoms with Crippen molar-refractivity contribution < 1.29 is 0 Å². The second kappa shape index (κ2) is 4.13. The number of nitrogens with two attached hydrogens (primary N) is 1. The first-order chi connectivity index (χ1) is 6.54. The van der Waals surface area contributed by atoms with Crippen LogP contribution in [0.25, 0.3) is 0 Å². The molecule has 14 heavy (non-hydrogen) atoms. The summed E-state index contributed by atoms with van der Waals surface area (Å²) in [5, 5.41) is 4.27. The molecule has 1 rings (SSSR count). The molecule has 0 spiro atoms. The summed E-state index contributed by atoms with van der Waals surface area (Å²) in [5.74, 6) is 0.432. The van der Waals surface area contributed by atoms with Gasteiger partial charge in [-0.3, -0.25) is 4.68 Å². The second-order valence-corrected chi connectivity index (χ2v) is 4.13. The molecule has 0 aliphatic carbocycles. The summed E-state index contributed by atoms with van der Waals surface area (Å²) >= 11 is 0. The average molecular weight is 195 g/mol. The third-order valence-corrected chi connectivity index (χ3v) is 3.11. The highest BCUT2D eigenvalue weighted by molar-refractivity contribution is 5.18. The third kappa shape index (κ3) is 1.82. The Morgan fingerprint density at radius 2 is 2.14 bits per heavy atom. The van der Waals surface area contributed by atoms with Gasteiger partial charge in [0, 0.05) is 23.8 Å². The minimum Gasteiger partial charge on any atom is -0.321 e. The molecule has 1 unspecified atom stereocenters. The fourth-order valence-corrected chi connectivity index (χ4v) is 1.72. The van der Waals surface area contributed by atoms with Crippen LogP contribution in [0, 0.1) is 5.92 Å². The van der Waals surface area contributed by atoms with Crippen molar-refractivity contribution in [3.63, 3.8) is 0 Å². The average Bonchev–Trinajstić information content (AvgIpc) is 2.64. The van der Waals surface area contributed by atoms with Gasteiger partial charge in [-0.15, -0.1) is 0 Å². The largest absolute Gasteiger partial charge is 0.321 e. The van der Waals surface area contributed by atoms with Gasteiger partial charge in [-0.05, 0) is 19.3 Å². The molecule has 0 amide bonds. The van der Waals surface area contributed by atoms with Gasteiger partial charge >= 0.3 is 0 Å². The van der Waals surface area contributed by atoms with Gasteiger partial charge in [0.2, 0.25) is 0 Å². The monoisotopic (exact) mass is 195 g/mol. The fourth-order valence-electron chi connectivity index (χ4n) is 1.72. The third-order valence-electron chi connectivity index (χ3n) is 3.11. The first kappa shape index (κ1) is 11.2. The van der Waals surface area contributed by atoms with Gasteiger partial charge in [-0.1, -0.05) is 20.8 Å². The van der Waals surface area contributed by atoms with Crippen molar-refractivity contribution >= 4 is 0 Å². The van der Waals surface area contributed by atoms with Gasteiger partial charge in [0.25, 0.3) is 0 Å². The van der Waals surface area contributed by atoms with Crippen LogP contribution in [0.2, 0.25) is 0 Å². The van der Waals surface area contributed by atoms with E-state index in [1.165, 1.54) is 0 Å². The van der Waals surface area contributed by atoms with Crippen molar-refractivity contribution in [2.24, 2.45) is 11.7 Å². The molecule has 0 aliphatic heterocycles. The van der Waals surface area contributed by atoms with Crippen molar-refractivity contribution in [2.45, 2.75) is 46.2 Å². The molecule has 1 aromatic rings. The minimum atomic E-state index is -0.229. The van der Waals surface area contributed by atoms with Crippen LogP contribution in [0.4, 0.5) is 0 Å². The van der Waals surface area contributed by atoms with Crippen molar-refractivity contribution in [3.05, 3.63) is 18.0 Å². The summed E-state index contributed by atoms with van der Waals surface area (Å²) < 4.78 is 1.93. The highest BCUT2D eigenvalue weighted by Crippen LogP contribution is 2.29. The molecule has 2 N–H and O–H groups in total. The molecule has 1 heterocycles. The van der Waals surface area contributed by atoms with Gasteiger partial charge < -0.3 is 5.73 Å². The van der Waals surface area contributed by atoms with Crippen LogP contribution < -0.4 is 5.73 Å². The van der Waals surface area contributed by atoms with Crippen LogP contribution in [-0.4, -0.2) is 9.78 Å². The van der Waals surface area contributed by atoms with Crippen molar-refractivity contribution in [1.29, 1.82) is 0 Å². The molecule has 0 radical (unpaired) electrons. The molecule has 1 atom stereocenters. The zero-order valence-electron chi connectivity index (χ0n) is 9.62. The SMILES string of the molecule is CCn1cc(C(N)(CC)C(C)C)cn1. The predicted molar refractivity (Wildman–Crippen MR) is 58.9 cm³/mol. The van der Waals surface area contributed by atoms with Crippen LogP contribution in [0.15, 0.2) is 12.4 Å². The Balaban J connectivity index is 3.00. The molecule has 0 bridgehead atoms. The Hall–Kier alpha value is -0.830. The van der Waals surface area contributed by atoms with Crippen molar-refractivity contribution in [1.82, 2.24) is 9.78 Å². The van der Waals surface area contributed by atoms with E-state index in [2.05, 4.69) is 39.0 Å². The van der Waals surface area contributed by atoms with Gasteiger partial charge in [-0.25, -0.2) is 0 Å². The van der Waals surface area contributed by atoms with Gasteiger partial charge in [0.15, 0.2) is 0 Å². The Morgan fingerprint density at radius 1 is 1.50 bits per heavy atom. The van der Waals surface area contributed by atoms with Gasteiger partial charge in [0.1, 0.15) is 0 Å². The van der Waals surface area contributed by atoms with Gasteiger partial charge in [-0.2, -0.15) is 5.10 Å². The van der Waals surface area contributed by atoms with E-state index in [0.29, 0.717) is 5.92 Å². The lowest BCUT2D eigenvalue weighted by Crippen LogP contribution is -2.41. The Morgan fingerprint density at radius 3 is 2.50 bits per heavy atom. The van der Waals surface area contributed by atoms with E-state index in [9.17, 15) is 0 Å². The molecule has 1 aromatic heterocycles. The molecule has 3 nitrogen and oxygen atoms in total. The number of aromatic nitrogens is 2. The lowest BCUT2D eigenvalue weighted by atomic mass is 9.80. The number of aryl methyl sites for hydroxylation is 1. The van der Waals surface area contributed by atoms with Crippen molar-refractivity contribution in [3.8, 4) is 0 Å². The first-order valence-corrected chi connectivity index (χ1v) is 5.36. The molecular weight excluding hydrogens is 174 g/mol. The van der Waals surface area contributed by atoms with E-state index in [1.807, 2.05) is 10.9 Å². The molecule has 0 aromatic carbocycles. The highest BCUT2D eigenvalue weighted by Gasteiger charge is 2.30. The van der Waals surface area contributed by atoms with E-state index < -0.39 is 0 Å². The number of hydrogen-bond acceptors (Lipinski definition) is 2. The van der Waals surface area contributed by atoms with Crippen LogP contribution in [0.3, 0.4) is 0 Å². The molecule has 0 aliphatic rings. The molecule has 0 fully saturated rings. The first-order valence-electron chi connectivity index (χ1n) is 5.36. The molecule has 80 valence electrons. The number of hydrogen-bond donors (Lipinski definition) is 1. The van der Waals surface area contributed by atoms with Crippen LogP contribution >= 0.6 is 0 Å². The number of rotatable bonds is 4. The topological polar surface area (TPSA) is 43.8 Å². The van der Waals surface area contributed by atoms with Crippen LogP contribution in [0.1, 0.15) is 39.7 Å². The summed E-state index contributed by atoms with van der Waals surface area (Å²) in [7, 11) is 0. The number of nitrogens with zero attached hydrogens (tertiary/aromatic N) is 2. The van der Waals surface area contributed by atoms with Crippen LogP contribution in [-0.2, 0) is 12.1 Å². The lowest BCUT2D eigenvalue weighted by Gasteiger charge is -2.31. The quantitative estimate of drug-likeness (QED) is 0.799. The maximum absolute atomic E-state index is 6.38. The summed E-state index contributed by atoms with van der Waals surface area (Å²) in [6.07, 6.45) is 4.90. The van der Waals surface area contributed by atoms with E-state index in [4.69, 9.17) is 5.73 Å². The Labute approximate surface area is 86.3 Å². The lowest BCUT2D eigenvalue weighted by molar-refractivity contribution is 0.305. The van der Waals surface area contributed by atoms with E-state index >= 15 is 0 Å². The maximum Gasteiger partial charge on any atom is 0.0540 e. The van der Waals surface area contributed by atoms with E-state index in [0.717, 1.165) is 18.5 Å². The van der Waals surface area contributed by atoms with Crippen LogP contribution in [0.5, 0.6) is 0 Å². The molecule has 3 heteroatoms. The Kier molecular flexibility index (Phi) is 3.32. The standard InChI is InChI=1S/C11H21N3/c1-5-11(12,9(3)4)10-7-13-14(6-2)8-10/h7-9H,5-6,12H2,1-4H3. The normalized spacial score (nSPS) is 15.9. The maximum atomic E-state index is 6.38. The highest BCUT2D eigenvalue weighted by atomic mass is 15.3. The zero-order valence-corrected chi connectivity index (χ0v) is 9.62. The zero-order chi connectivity index (χ0) is 10.8. The molecule has 0 saturated heterocycles. The minimum absolute atomic E-state index is 0.229.